The molecule has 0 atom stereocenters. The minimum absolute atomic E-state index is 0.171. The van der Waals surface area contributed by atoms with Crippen molar-refractivity contribution >= 4 is 15.9 Å². The lowest BCUT2D eigenvalue weighted by Gasteiger charge is -2.08. The van der Waals surface area contributed by atoms with Crippen LogP contribution >= 0.6 is 15.9 Å². The molecule has 80 valence electrons. The largest absolute Gasteiger partial charge is 0.280 e. The maximum Gasteiger partial charge on any atom is 0.280 e. The molecule has 1 aromatic rings. The Morgan fingerprint density at radius 3 is 2.67 bits per heavy atom. The average molecular weight is 279 g/mol. The van der Waals surface area contributed by atoms with Crippen LogP contribution in [0.5, 0.6) is 0 Å². The maximum atomic E-state index is 13.5. The summed E-state index contributed by atoms with van der Waals surface area (Å²) in [5.74, 6) is -0.779. The van der Waals surface area contributed by atoms with E-state index < -0.39 is 24.4 Å². The van der Waals surface area contributed by atoms with E-state index in [-0.39, 0.29) is 16.5 Å². The molecule has 2 nitrogen and oxygen atoms in total. The molecule has 0 aromatic carbocycles. The standard InChI is InChI=1S/C9H6BrF3N2/c10-3-5-4-15-8(9(12)13)6(1-2-14)7(5)11/h4,9H,1,3H2. The Balaban J connectivity index is 3.32. The van der Waals surface area contributed by atoms with E-state index >= 15 is 0 Å². The van der Waals surface area contributed by atoms with E-state index in [4.69, 9.17) is 5.26 Å². The number of nitrogens with zero attached hydrogens (tertiary/aromatic N) is 2. The highest BCUT2D eigenvalue weighted by molar-refractivity contribution is 9.08. The van der Waals surface area contributed by atoms with Crippen LogP contribution in [0.15, 0.2) is 6.20 Å². The first-order valence-corrected chi connectivity index (χ1v) is 5.11. The highest BCUT2D eigenvalue weighted by Crippen LogP contribution is 2.25. The van der Waals surface area contributed by atoms with Crippen LogP contribution in [0.2, 0.25) is 0 Å². The number of pyridine rings is 1. The predicted molar refractivity (Wildman–Crippen MR) is 51.1 cm³/mol. The first kappa shape index (κ1) is 12.0. The van der Waals surface area contributed by atoms with Crippen LogP contribution < -0.4 is 0 Å². The number of alkyl halides is 3. The fraction of sp³-hybridized carbons (Fsp3) is 0.333. The second-order valence-corrected chi connectivity index (χ2v) is 3.29. The second-order valence-electron chi connectivity index (χ2n) is 2.73. The maximum absolute atomic E-state index is 13.5. The Bertz CT molecular complexity index is 401. The van der Waals surface area contributed by atoms with Gasteiger partial charge in [0, 0.05) is 22.7 Å². The fourth-order valence-corrected chi connectivity index (χ4v) is 1.51. The topological polar surface area (TPSA) is 36.7 Å². The molecular formula is C9H6BrF3N2. The van der Waals surface area contributed by atoms with Crippen molar-refractivity contribution in [2.75, 3.05) is 0 Å². The number of hydrogen-bond acceptors (Lipinski definition) is 2. The number of aromatic nitrogens is 1. The molecule has 0 bridgehead atoms. The van der Waals surface area contributed by atoms with E-state index in [2.05, 4.69) is 20.9 Å². The molecule has 0 aliphatic rings. The summed E-state index contributed by atoms with van der Waals surface area (Å²) in [5, 5.41) is 8.59. The summed E-state index contributed by atoms with van der Waals surface area (Å²) in [6.07, 6.45) is -2.22. The first-order chi connectivity index (χ1) is 7.11. The molecule has 6 heteroatoms. The molecule has 0 spiro atoms. The number of hydrogen-bond donors (Lipinski definition) is 0. The SMILES string of the molecule is N#CCc1c(C(F)F)ncc(CBr)c1F. The normalized spacial score (nSPS) is 10.4. The van der Waals surface area contributed by atoms with Crippen molar-refractivity contribution in [3.8, 4) is 6.07 Å². The molecule has 0 unspecified atom stereocenters. The Morgan fingerprint density at radius 2 is 2.20 bits per heavy atom. The van der Waals surface area contributed by atoms with Crippen LogP contribution in [-0.4, -0.2) is 4.98 Å². The number of halogens is 4. The minimum atomic E-state index is -2.87. The van der Waals surface area contributed by atoms with Crippen molar-refractivity contribution in [2.24, 2.45) is 0 Å². The molecule has 0 aliphatic carbocycles. The van der Waals surface area contributed by atoms with Crippen LogP contribution in [0.4, 0.5) is 13.2 Å². The first-order valence-electron chi connectivity index (χ1n) is 3.99. The molecule has 0 radical (unpaired) electrons. The molecule has 0 N–H and O–H groups in total. The van der Waals surface area contributed by atoms with Crippen molar-refractivity contribution in [3.05, 3.63) is 28.8 Å². The van der Waals surface area contributed by atoms with E-state index in [1.807, 2.05) is 0 Å². The summed E-state index contributed by atoms with van der Waals surface area (Å²) < 4.78 is 38.4. The van der Waals surface area contributed by atoms with Gasteiger partial charge in [0.05, 0.1) is 12.5 Å². The highest BCUT2D eigenvalue weighted by atomic mass is 79.9. The lowest BCUT2D eigenvalue weighted by Crippen LogP contribution is -2.04. The van der Waals surface area contributed by atoms with Gasteiger partial charge >= 0.3 is 0 Å². The molecule has 0 aliphatic heterocycles. The van der Waals surface area contributed by atoms with Gasteiger partial charge in [-0.3, -0.25) is 4.98 Å². The van der Waals surface area contributed by atoms with Gasteiger partial charge in [0.25, 0.3) is 6.43 Å². The summed E-state index contributed by atoms with van der Waals surface area (Å²) in [7, 11) is 0. The lowest BCUT2D eigenvalue weighted by molar-refractivity contribution is 0.144. The molecule has 1 rings (SSSR count). The zero-order valence-electron chi connectivity index (χ0n) is 7.48. The Hall–Kier alpha value is -1.09. The van der Waals surface area contributed by atoms with Crippen LogP contribution in [0.25, 0.3) is 0 Å². The summed E-state index contributed by atoms with van der Waals surface area (Å²) in [4.78, 5) is 3.46. The second kappa shape index (κ2) is 5.12. The molecule has 0 amide bonds. The predicted octanol–water partition coefficient (Wildman–Crippen LogP) is 3.12. The van der Waals surface area contributed by atoms with Gasteiger partial charge in [-0.15, -0.1) is 0 Å². The number of nitriles is 1. The van der Waals surface area contributed by atoms with Crippen molar-refractivity contribution < 1.29 is 13.2 Å². The smallest absolute Gasteiger partial charge is 0.254 e. The quantitative estimate of drug-likeness (QED) is 0.797. The molecule has 0 saturated carbocycles. The van der Waals surface area contributed by atoms with Crippen LogP contribution in [0.1, 0.15) is 23.2 Å². The fourth-order valence-electron chi connectivity index (χ4n) is 1.12. The van der Waals surface area contributed by atoms with Crippen LogP contribution in [0.3, 0.4) is 0 Å². The Kier molecular flexibility index (Phi) is 4.09. The van der Waals surface area contributed by atoms with Crippen molar-refractivity contribution in [3.63, 3.8) is 0 Å². The van der Waals surface area contributed by atoms with Gasteiger partial charge in [0.2, 0.25) is 0 Å². The van der Waals surface area contributed by atoms with E-state index in [1.54, 1.807) is 6.07 Å². The summed E-state index contributed by atoms with van der Waals surface area (Å²) in [6.45, 7) is 0. The van der Waals surface area contributed by atoms with Gasteiger partial charge in [0.15, 0.2) is 0 Å². The van der Waals surface area contributed by atoms with E-state index in [1.165, 1.54) is 0 Å². The van der Waals surface area contributed by atoms with Gasteiger partial charge in [0.1, 0.15) is 11.5 Å². The highest BCUT2D eigenvalue weighted by Gasteiger charge is 2.20. The third-order valence-electron chi connectivity index (χ3n) is 1.82. The van der Waals surface area contributed by atoms with E-state index in [9.17, 15) is 13.2 Å². The number of rotatable bonds is 3. The molecule has 0 saturated heterocycles. The van der Waals surface area contributed by atoms with Gasteiger partial charge in [-0.25, -0.2) is 13.2 Å². The van der Waals surface area contributed by atoms with Gasteiger partial charge in [-0.2, -0.15) is 5.26 Å². The molecule has 0 fully saturated rings. The summed E-state index contributed by atoms with van der Waals surface area (Å²) in [5.41, 5.74) is -0.798. The molecule has 15 heavy (non-hydrogen) atoms. The minimum Gasteiger partial charge on any atom is -0.254 e. The van der Waals surface area contributed by atoms with Crippen molar-refractivity contribution in [2.45, 2.75) is 18.2 Å². The molecule has 1 aromatic heterocycles. The Morgan fingerprint density at radius 1 is 1.53 bits per heavy atom. The van der Waals surface area contributed by atoms with E-state index in [0.717, 1.165) is 6.20 Å². The Labute approximate surface area is 92.9 Å². The monoisotopic (exact) mass is 278 g/mol. The van der Waals surface area contributed by atoms with Crippen molar-refractivity contribution in [1.29, 1.82) is 5.26 Å². The van der Waals surface area contributed by atoms with Gasteiger partial charge in [-0.05, 0) is 0 Å². The summed E-state index contributed by atoms with van der Waals surface area (Å²) >= 11 is 3.00. The van der Waals surface area contributed by atoms with Crippen LogP contribution in [0, 0.1) is 17.1 Å². The third-order valence-corrected chi connectivity index (χ3v) is 2.43. The van der Waals surface area contributed by atoms with E-state index in [0.29, 0.717) is 0 Å². The van der Waals surface area contributed by atoms with Gasteiger partial charge in [-0.1, -0.05) is 15.9 Å². The zero-order chi connectivity index (χ0) is 11.4. The molecular weight excluding hydrogens is 273 g/mol. The average Bonchev–Trinajstić information content (AvgIpc) is 2.20. The van der Waals surface area contributed by atoms with Crippen LogP contribution in [-0.2, 0) is 11.8 Å². The lowest BCUT2D eigenvalue weighted by atomic mass is 10.1. The zero-order valence-corrected chi connectivity index (χ0v) is 9.06. The van der Waals surface area contributed by atoms with Crippen molar-refractivity contribution in [1.82, 2.24) is 4.98 Å². The van der Waals surface area contributed by atoms with Gasteiger partial charge < -0.3 is 0 Å². The third kappa shape index (κ3) is 2.48. The summed E-state index contributed by atoms with van der Waals surface area (Å²) in [6, 6.07) is 1.64. The molecule has 1 heterocycles.